The quantitative estimate of drug-likeness (QED) is 0.181. The lowest BCUT2D eigenvalue weighted by Crippen LogP contribution is -2.45. The number of hydrogen-bond donors (Lipinski definition) is 3. The van der Waals surface area contributed by atoms with E-state index >= 15 is 0 Å². The average molecular weight is 556 g/mol. The fraction of sp³-hybridized carbons (Fsp3) is 0.700. The molecule has 3 atom stereocenters. The number of ether oxygens (including phenoxy) is 1. The average Bonchev–Trinajstić information content (AvgIpc) is 3.35. The standard InChI is InChI=1S/C20H33N9O6SSi/c1-11(2)16(30)25-19-24-15-14(17(31)26-19)22-10-29(15)18-13(35-37(6,7)20(3,4)5)8-12(34-18)9-23-36(32,33)28-27-21/h10-13,18,23H,8-9H2,1-7H3,(H2,24,25,26,30,31)/t12-,13+,18+/m0/s1. The van der Waals surface area contributed by atoms with E-state index in [-0.39, 0.29) is 40.5 Å². The van der Waals surface area contributed by atoms with Crippen LogP contribution in [0.2, 0.25) is 18.1 Å². The SMILES string of the molecule is CC(C)C(=O)Nc1nc2c(ncn2[C@@H]2O[C@H](CNS(=O)(=O)N=[N+]=[N-])C[C@H]2O[Si](C)(C)C(C)(C)C)c(=O)[nH]1. The number of azide groups is 1. The van der Waals surface area contributed by atoms with Gasteiger partial charge in [-0.25, -0.2) is 18.1 Å². The van der Waals surface area contributed by atoms with Crippen molar-refractivity contribution in [2.75, 3.05) is 11.9 Å². The van der Waals surface area contributed by atoms with E-state index in [1.54, 1.807) is 18.4 Å². The predicted molar refractivity (Wildman–Crippen MR) is 138 cm³/mol. The minimum Gasteiger partial charge on any atom is -0.409 e. The van der Waals surface area contributed by atoms with Gasteiger partial charge in [0, 0.05) is 28.3 Å². The summed E-state index contributed by atoms with van der Waals surface area (Å²) in [6.07, 6.45) is -0.239. The summed E-state index contributed by atoms with van der Waals surface area (Å²) in [5.74, 6) is -0.685. The molecule has 17 heteroatoms. The maximum absolute atomic E-state index is 12.7. The first kappa shape index (κ1) is 28.7. The molecular weight excluding hydrogens is 522 g/mol. The molecule has 1 amide bonds. The summed E-state index contributed by atoms with van der Waals surface area (Å²) in [5.41, 5.74) is 8.14. The molecule has 0 bridgehead atoms. The van der Waals surface area contributed by atoms with E-state index in [2.05, 4.69) is 68.3 Å². The number of rotatable bonds is 9. The van der Waals surface area contributed by atoms with Crippen LogP contribution in [0.4, 0.5) is 5.95 Å². The molecule has 0 spiro atoms. The van der Waals surface area contributed by atoms with E-state index in [1.807, 2.05) is 0 Å². The van der Waals surface area contributed by atoms with Crippen molar-refractivity contribution >= 4 is 41.5 Å². The summed E-state index contributed by atoms with van der Waals surface area (Å²) in [4.78, 5) is 38.2. The number of nitrogens with zero attached hydrogens (tertiary/aromatic N) is 6. The molecule has 0 aromatic carbocycles. The van der Waals surface area contributed by atoms with Gasteiger partial charge in [-0.2, -0.15) is 4.98 Å². The van der Waals surface area contributed by atoms with Gasteiger partial charge in [0.25, 0.3) is 15.8 Å². The number of nitrogens with one attached hydrogen (secondary N) is 3. The Hall–Kier alpha value is -2.82. The summed E-state index contributed by atoms with van der Waals surface area (Å²) in [5, 5.41) is 2.46. The number of fused-ring (bicyclic) bond motifs is 1. The molecule has 0 unspecified atom stereocenters. The summed E-state index contributed by atoms with van der Waals surface area (Å²) >= 11 is 0. The number of aromatic amines is 1. The van der Waals surface area contributed by atoms with Crippen molar-refractivity contribution in [2.45, 2.75) is 77.6 Å². The van der Waals surface area contributed by atoms with Crippen LogP contribution in [0.25, 0.3) is 21.6 Å². The molecule has 2 aromatic heterocycles. The van der Waals surface area contributed by atoms with Crippen LogP contribution in [0, 0.1) is 5.92 Å². The highest BCUT2D eigenvalue weighted by Gasteiger charge is 2.46. The number of carbonyl (C=O) groups excluding carboxylic acids is 1. The Balaban J connectivity index is 1.99. The van der Waals surface area contributed by atoms with Gasteiger partial charge in [0.15, 0.2) is 25.7 Å². The molecule has 0 saturated carbocycles. The second kappa shape index (κ2) is 10.5. The molecule has 3 rings (SSSR count). The van der Waals surface area contributed by atoms with Gasteiger partial charge < -0.3 is 9.16 Å². The first-order chi connectivity index (χ1) is 17.0. The first-order valence-corrected chi connectivity index (χ1v) is 16.1. The molecule has 204 valence electrons. The van der Waals surface area contributed by atoms with Gasteiger partial charge in [-0.15, -0.1) is 0 Å². The van der Waals surface area contributed by atoms with Crippen molar-refractivity contribution < 1.29 is 22.4 Å². The number of hydrogen-bond acceptors (Lipinski definition) is 8. The van der Waals surface area contributed by atoms with Crippen molar-refractivity contribution in [1.29, 1.82) is 0 Å². The van der Waals surface area contributed by atoms with Gasteiger partial charge in [0.1, 0.15) is 0 Å². The van der Waals surface area contributed by atoms with Crippen molar-refractivity contribution in [3.05, 3.63) is 27.1 Å². The molecule has 37 heavy (non-hydrogen) atoms. The lowest BCUT2D eigenvalue weighted by Gasteiger charge is -2.39. The fourth-order valence-electron chi connectivity index (χ4n) is 3.46. The maximum Gasteiger partial charge on any atom is 0.300 e. The van der Waals surface area contributed by atoms with E-state index in [4.69, 9.17) is 14.7 Å². The van der Waals surface area contributed by atoms with Crippen LogP contribution >= 0.6 is 0 Å². The molecule has 0 aliphatic carbocycles. The maximum atomic E-state index is 12.7. The predicted octanol–water partition coefficient (Wildman–Crippen LogP) is 2.54. The second-order valence-corrected chi connectivity index (χ2v) is 16.8. The summed E-state index contributed by atoms with van der Waals surface area (Å²) in [6.45, 7) is 13.7. The number of amides is 1. The zero-order valence-corrected chi connectivity index (χ0v) is 23.7. The normalized spacial score (nSPS) is 20.8. The Morgan fingerprint density at radius 3 is 2.70 bits per heavy atom. The lowest BCUT2D eigenvalue weighted by atomic mass is 10.2. The van der Waals surface area contributed by atoms with Crippen molar-refractivity contribution in [1.82, 2.24) is 24.2 Å². The largest absolute Gasteiger partial charge is 0.409 e. The van der Waals surface area contributed by atoms with Gasteiger partial charge in [-0.05, 0) is 23.7 Å². The highest BCUT2D eigenvalue weighted by molar-refractivity contribution is 7.88. The molecule has 0 radical (unpaired) electrons. The van der Waals surface area contributed by atoms with Crippen LogP contribution in [0.1, 0.15) is 47.3 Å². The van der Waals surface area contributed by atoms with E-state index < -0.39 is 42.5 Å². The molecule has 3 heterocycles. The fourth-order valence-corrected chi connectivity index (χ4v) is 5.33. The summed E-state index contributed by atoms with van der Waals surface area (Å²) in [7, 11) is -6.52. The molecule has 2 aromatic rings. The van der Waals surface area contributed by atoms with E-state index in [9.17, 15) is 18.0 Å². The van der Waals surface area contributed by atoms with Gasteiger partial charge >= 0.3 is 0 Å². The molecule has 3 N–H and O–H groups in total. The van der Waals surface area contributed by atoms with Crippen LogP contribution in [-0.2, 0) is 24.2 Å². The highest BCUT2D eigenvalue weighted by Crippen LogP contribution is 2.42. The summed E-state index contributed by atoms with van der Waals surface area (Å²) in [6, 6.07) is 0. The number of aromatic nitrogens is 4. The monoisotopic (exact) mass is 555 g/mol. The lowest BCUT2D eigenvalue weighted by molar-refractivity contribution is -0.118. The Bertz CT molecular complexity index is 1370. The van der Waals surface area contributed by atoms with Crippen molar-refractivity contribution in [3.63, 3.8) is 0 Å². The number of H-pyrrole nitrogens is 1. The minimum atomic E-state index is -4.20. The number of anilines is 1. The van der Waals surface area contributed by atoms with E-state index in [0.29, 0.717) is 6.42 Å². The third kappa shape index (κ3) is 6.55. The molecule has 1 fully saturated rings. The highest BCUT2D eigenvalue weighted by atomic mass is 32.2. The van der Waals surface area contributed by atoms with Gasteiger partial charge in [0.05, 0.1) is 18.5 Å². The van der Waals surface area contributed by atoms with Crippen LogP contribution in [0.15, 0.2) is 15.6 Å². The molecule has 1 aliphatic rings. The van der Waals surface area contributed by atoms with Crippen LogP contribution in [0.5, 0.6) is 0 Å². The Morgan fingerprint density at radius 1 is 1.43 bits per heavy atom. The van der Waals surface area contributed by atoms with Crippen LogP contribution in [0.3, 0.4) is 0 Å². The Labute approximate surface area is 215 Å². The van der Waals surface area contributed by atoms with Gasteiger partial charge in [-0.1, -0.05) is 34.6 Å². The molecule has 15 nitrogen and oxygen atoms in total. The third-order valence-corrected chi connectivity index (χ3v) is 11.8. The topological polar surface area (TPSA) is 206 Å². The third-order valence-electron chi connectivity index (χ3n) is 6.51. The Morgan fingerprint density at radius 2 is 2.11 bits per heavy atom. The molecule has 1 aliphatic heterocycles. The van der Waals surface area contributed by atoms with Crippen molar-refractivity contribution in [3.8, 4) is 0 Å². The van der Waals surface area contributed by atoms with Gasteiger partial charge in [-0.3, -0.25) is 24.5 Å². The zero-order chi connectivity index (χ0) is 27.8. The van der Waals surface area contributed by atoms with Crippen molar-refractivity contribution in [2.24, 2.45) is 10.4 Å². The number of carbonyl (C=O) groups is 1. The minimum absolute atomic E-state index is 0.0310. The first-order valence-electron chi connectivity index (χ1n) is 11.7. The Kier molecular flexibility index (Phi) is 8.16. The van der Waals surface area contributed by atoms with E-state index in [0.717, 1.165) is 0 Å². The molecular formula is C20H33N9O6SSi. The number of imidazole rings is 1. The van der Waals surface area contributed by atoms with Crippen LogP contribution < -0.4 is 15.6 Å². The smallest absolute Gasteiger partial charge is 0.300 e. The second-order valence-electron chi connectivity index (χ2n) is 10.7. The van der Waals surface area contributed by atoms with Gasteiger partial charge in [0.2, 0.25) is 11.9 Å². The molecule has 1 saturated heterocycles. The summed E-state index contributed by atoms with van der Waals surface area (Å²) < 4.78 is 43.0. The van der Waals surface area contributed by atoms with Crippen LogP contribution in [-0.4, -0.2) is 60.9 Å². The zero-order valence-electron chi connectivity index (χ0n) is 21.8. The van der Waals surface area contributed by atoms with E-state index in [1.165, 1.54) is 6.33 Å².